The number of aryl methyl sites for hydroxylation is 1. The highest BCUT2D eigenvalue weighted by atomic mass is 19.1. The Balaban J connectivity index is 3.12. The molecule has 1 aromatic rings. The van der Waals surface area contributed by atoms with Crippen molar-refractivity contribution in [2.45, 2.75) is 13.0 Å². The first-order valence-electron chi connectivity index (χ1n) is 4.58. The van der Waals surface area contributed by atoms with Gasteiger partial charge in [0.1, 0.15) is 11.9 Å². The van der Waals surface area contributed by atoms with Gasteiger partial charge in [-0.25, -0.2) is 4.39 Å². The fourth-order valence-corrected chi connectivity index (χ4v) is 1.50. The summed E-state index contributed by atoms with van der Waals surface area (Å²) in [5.74, 6) is -1.26. The van der Waals surface area contributed by atoms with Gasteiger partial charge in [0.05, 0.1) is 0 Å². The highest BCUT2D eigenvalue weighted by Crippen LogP contribution is 2.20. The van der Waals surface area contributed by atoms with Crippen molar-refractivity contribution in [3.05, 3.63) is 35.1 Å². The Morgan fingerprint density at radius 1 is 1.47 bits per heavy atom. The van der Waals surface area contributed by atoms with Crippen LogP contribution in [0.15, 0.2) is 18.2 Å². The molecule has 4 heteroatoms. The van der Waals surface area contributed by atoms with Crippen molar-refractivity contribution in [3.63, 3.8) is 0 Å². The highest BCUT2D eigenvalue weighted by molar-refractivity contribution is 5.75. The quantitative estimate of drug-likeness (QED) is 0.829. The van der Waals surface area contributed by atoms with Crippen LogP contribution in [0.3, 0.4) is 0 Å². The maximum atomic E-state index is 13.0. The maximum Gasteiger partial charge on any atom is 0.325 e. The van der Waals surface area contributed by atoms with Gasteiger partial charge in [0.15, 0.2) is 0 Å². The zero-order valence-electron chi connectivity index (χ0n) is 8.99. The van der Waals surface area contributed by atoms with Crippen molar-refractivity contribution in [1.29, 1.82) is 0 Å². The minimum atomic E-state index is -0.939. The van der Waals surface area contributed by atoms with E-state index in [1.807, 2.05) is 0 Å². The van der Waals surface area contributed by atoms with Crippen LogP contribution in [0.1, 0.15) is 17.2 Å². The van der Waals surface area contributed by atoms with Crippen molar-refractivity contribution >= 4 is 5.97 Å². The third-order valence-electron chi connectivity index (χ3n) is 2.25. The Kier molecular flexibility index (Phi) is 3.42. The molecule has 0 aromatic heterocycles. The molecule has 0 spiro atoms. The number of carboxylic acid groups (broad SMARTS) is 1. The lowest BCUT2D eigenvalue weighted by molar-refractivity contribution is -0.142. The first-order chi connectivity index (χ1) is 6.93. The summed E-state index contributed by atoms with van der Waals surface area (Å²) in [6, 6.07) is 3.63. The van der Waals surface area contributed by atoms with Crippen molar-refractivity contribution in [2.24, 2.45) is 0 Å². The molecule has 3 nitrogen and oxygen atoms in total. The third-order valence-corrected chi connectivity index (χ3v) is 2.25. The number of hydrogen-bond donors (Lipinski definition) is 1. The topological polar surface area (TPSA) is 40.5 Å². The summed E-state index contributed by atoms with van der Waals surface area (Å²) in [5, 5.41) is 9.02. The molecule has 0 fully saturated rings. The summed E-state index contributed by atoms with van der Waals surface area (Å²) in [6.45, 7) is 1.62. The lowest BCUT2D eigenvalue weighted by atomic mass is 10.0. The van der Waals surface area contributed by atoms with Gasteiger partial charge in [0, 0.05) is 0 Å². The fraction of sp³-hybridized carbons (Fsp3) is 0.364. The molecule has 1 aromatic carbocycles. The first-order valence-corrected chi connectivity index (χ1v) is 4.58. The molecule has 0 amide bonds. The summed E-state index contributed by atoms with van der Waals surface area (Å²) in [7, 11) is 3.36. The van der Waals surface area contributed by atoms with E-state index in [0.29, 0.717) is 11.1 Å². The molecular weight excluding hydrogens is 197 g/mol. The summed E-state index contributed by atoms with van der Waals surface area (Å²) in [5.41, 5.74) is 1.05. The van der Waals surface area contributed by atoms with Gasteiger partial charge in [-0.3, -0.25) is 9.69 Å². The number of aliphatic carboxylic acids is 1. The fourth-order valence-electron chi connectivity index (χ4n) is 1.50. The number of likely N-dealkylation sites (N-methyl/N-ethyl adjacent to an activating group) is 1. The van der Waals surface area contributed by atoms with E-state index in [2.05, 4.69) is 0 Å². The van der Waals surface area contributed by atoms with Gasteiger partial charge in [-0.15, -0.1) is 0 Å². The molecule has 1 unspecified atom stereocenters. The lowest BCUT2D eigenvalue weighted by Gasteiger charge is -2.20. The molecule has 15 heavy (non-hydrogen) atoms. The van der Waals surface area contributed by atoms with Gasteiger partial charge in [-0.05, 0) is 38.2 Å². The Morgan fingerprint density at radius 3 is 2.47 bits per heavy atom. The average molecular weight is 211 g/mol. The van der Waals surface area contributed by atoms with Crippen LogP contribution in [0, 0.1) is 12.7 Å². The molecule has 0 aliphatic heterocycles. The van der Waals surface area contributed by atoms with Crippen LogP contribution >= 0.6 is 0 Å². The highest BCUT2D eigenvalue weighted by Gasteiger charge is 2.22. The summed E-state index contributed by atoms with van der Waals surface area (Å²) >= 11 is 0. The lowest BCUT2D eigenvalue weighted by Crippen LogP contribution is -2.27. The molecule has 0 heterocycles. The van der Waals surface area contributed by atoms with Gasteiger partial charge in [-0.1, -0.05) is 12.1 Å². The molecular formula is C11H14FNO2. The van der Waals surface area contributed by atoms with E-state index in [1.54, 1.807) is 32.0 Å². The largest absolute Gasteiger partial charge is 0.480 e. The standard InChI is InChI=1S/C11H14FNO2/c1-7-6-8(4-5-9(7)12)10(11(14)15)13(2)3/h4-6,10H,1-3H3,(H,14,15). The summed E-state index contributed by atoms with van der Waals surface area (Å²) in [4.78, 5) is 12.6. The van der Waals surface area contributed by atoms with Crippen LogP contribution in [-0.2, 0) is 4.79 Å². The predicted octanol–water partition coefficient (Wildman–Crippen LogP) is 1.82. The summed E-state index contributed by atoms with van der Waals surface area (Å²) < 4.78 is 13.0. The molecule has 0 saturated carbocycles. The molecule has 0 bridgehead atoms. The normalized spacial score (nSPS) is 12.9. The zero-order valence-corrected chi connectivity index (χ0v) is 8.99. The number of halogens is 1. The molecule has 0 saturated heterocycles. The third kappa shape index (κ3) is 2.53. The molecule has 1 rings (SSSR count). The summed E-state index contributed by atoms with van der Waals surface area (Å²) in [6.07, 6.45) is 0. The van der Waals surface area contributed by atoms with Gasteiger partial charge in [-0.2, -0.15) is 0 Å². The minimum absolute atomic E-state index is 0.318. The van der Waals surface area contributed by atoms with Crippen LogP contribution in [0.4, 0.5) is 4.39 Å². The van der Waals surface area contributed by atoms with Crippen molar-refractivity contribution in [2.75, 3.05) is 14.1 Å². The Labute approximate surface area is 88.1 Å². The number of benzene rings is 1. The number of nitrogens with zero attached hydrogens (tertiary/aromatic N) is 1. The van der Waals surface area contributed by atoms with Crippen LogP contribution in [0.25, 0.3) is 0 Å². The van der Waals surface area contributed by atoms with Crippen LogP contribution in [-0.4, -0.2) is 30.1 Å². The van der Waals surface area contributed by atoms with E-state index in [0.717, 1.165) is 0 Å². The Bertz CT molecular complexity index is 377. The van der Waals surface area contributed by atoms with Crippen molar-refractivity contribution < 1.29 is 14.3 Å². The first kappa shape index (κ1) is 11.7. The second-order valence-corrected chi connectivity index (χ2v) is 3.71. The predicted molar refractivity (Wildman–Crippen MR) is 55.2 cm³/mol. The van der Waals surface area contributed by atoms with E-state index in [-0.39, 0.29) is 5.82 Å². The monoisotopic (exact) mass is 211 g/mol. The van der Waals surface area contributed by atoms with Crippen LogP contribution < -0.4 is 0 Å². The van der Waals surface area contributed by atoms with Gasteiger partial charge >= 0.3 is 5.97 Å². The second-order valence-electron chi connectivity index (χ2n) is 3.71. The van der Waals surface area contributed by atoms with Crippen molar-refractivity contribution in [1.82, 2.24) is 4.90 Å². The zero-order chi connectivity index (χ0) is 11.6. The van der Waals surface area contributed by atoms with Gasteiger partial charge in [0.25, 0.3) is 0 Å². The molecule has 1 atom stereocenters. The SMILES string of the molecule is Cc1cc(C(C(=O)O)N(C)C)ccc1F. The number of carboxylic acids is 1. The molecule has 0 aliphatic rings. The van der Waals surface area contributed by atoms with E-state index < -0.39 is 12.0 Å². The van der Waals surface area contributed by atoms with E-state index >= 15 is 0 Å². The number of rotatable bonds is 3. The molecule has 1 N–H and O–H groups in total. The van der Waals surface area contributed by atoms with Gasteiger partial charge in [0.2, 0.25) is 0 Å². The second kappa shape index (κ2) is 4.40. The van der Waals surface area contributed by atoms with Gasteiger partial charge < -0.3 is 5.11 Å². The molecule has 0 aliphatic carbocycles. The van der Waals surface area contributed by atoms with E-state index in [1.165, 1.54) is 12.1 Å². The van der Waals surface area contributed by atoms with E-state index in [4.69, 9.17) is 5.11 Å². The number of carbonyl (C=O) groups is 1. The van der Waals surface area contributed by atoms with Crippen molar-refractivity contribution in [3.8, 4) is 0 Å². The Hall–Kier alpha value is -1.42. The smallest absolute Gasteiger partial charge is 0.325 e. The molecule has 0 radical (unpaired) electrons. The number of hydrogen-bond acceptors (Lipinski definition) is 2. The van der Waals surface area contributed by atoms with E-state index in [9.17, 15) is 9.18 Å². The minimum Gasteiger partial charge on any atom is -0.480 e. The van der Waals surface area contributed by atoms with Crippen LogP contribution in [0.5, 0.6) is 0 Å². The molecule has 82 valence electrons. The average Bonchev–Trinajstić information content (AvgIpc) is 2.10. The van der Waals surface area contributed by atoms with Crippen LogP contribution in [0.2, 0.25) is 0 Å². The Morgan fingerprint density at radius 2 is 2.07 bits per heavy atom. The maximum absolute atomic E-state index is 13.0.